The summed E-state index contributed by atoms with van der Waals surface area (Å²) in [5.41, 5.74) is 9.21. The van der Waals surface area contributed by atoms with Gasteiger partial charge >= 0.3 is 5.97 Å². The van der Waals surface area contributed by atoms with E-state index in [0.717, 1.165) is 45.1 Å². The third-order valence-electron chi connectivity index (χ3n) is 4.86. The molecule has 0 aliphatic carbocycles. The van der Waals surface area contributed by atoms with Crippen LogP contribution in [0, 0.1) is 22.7 Å². The second kappa shape index (κ2) is 27.6. The Balaban J connectivity index is -0.000000175. The third-order valence-corrected chi connectivity index (χ3v) is 4.86. The molecule has 0 aliphatic heterocycles. The van der Waals surface area contributed by atoms with Crippen molar-refractivity contribution in [2.24, 2.45) is 34.1 Å². The fourth-order valence-corrected chi connectivity index (χ4v) is 2.60. The van der Waals surface area contributed by atoms with E-state index in [-0.39, 0.29) is 24.2 Å². The number of nitrogens with two attached hydrogens (primary N) is 2. The number of carbonyl (C=O) groups is 3. The van der Waals surface area contributed by atoms with Gasteiger partial charge in [0.05, 0.1) is 6.42 Å². The van der Waals surface area contributed by atoms with Gasteiger partial charge in [0.15, 0.2) is 0 Å². The van der Waals surface area contributed by atoms with E-state index in [9.17, 15) is 14.4 Å². The van der Waals surface area contributed by atoms with Gasteiger partial charge in [-0.25, -0.2) is 0 Å². The molecule has 10 heteroatoms. The number of hydrogen-bond donors (Lipinski definition) is 5. The molecular weight excluding hydrogens is 743 g/mol. The first-order valence-electron chi connectivity index (χ1n) is 13.5. The molecule has 0 spiro atoms. The van der Waals surface area contributed by atoms with Gasteiger partial charge in [-0.3, -0.25) is 14.4 Å². The molecule has 0 aromatic carbocycles. The van der Waals surface area contributed by atoms with Crippen LogP contribution in [0.1, 0.15) is 114 Å². The molecule has 0 saturated carbocycles. The average molecular weight is 802 g/mol. The van der Waals surface area contributed by atoms with Crippen LogP contribution in [0.3, 0.4) is 0 Å². The summed E-state index contributed by atoms with van der Waals surface area (Å²) in [7, 11) is 0. The Bertz CT molecular complexity index is 631. The van der Waals surface area contributed by atoms with E-state index >= 15 is 0 Å². The van der Waals surface area contributed by atoms with E-state index < -0.39 is 11.9 Å². The Morgan fingerprint density at radius 3 is 1.74 bits per heavy atom. The number of carboxylic acid groups (broad SMARTS) is 1. The van der Waals surface area contributed by atoms with E-state index in [2.05, 4.69) is 91.2 Å². The number of primary amides is 2. The van der Waals surface area contributed by atoms with Gasteiger partial charge in [0.25, 0.3) is 0 Å². The number of aliphatic hydroxyl groups excluding tert-OH is 1. The molecule has 0 aromatic heterocycles. The monoisotopic (exact) mass is 802 g/mol. The van der Waals surface area contributed by atoms with Crippen LogP contribution in [-0.4, -0.2) is 47.6 Å². The van der Waals surface area contributed by atoms with Crippen LogP contribution in [0.25, 0.3) is 0 Å². The molecule has 0 fully saturated rings. The summed E-state index contributed by atoms with van der Waals surface area (Å²) in [5.74, 6) is -0.0755. The summed E-state index contributed by atoms with van der Waals surface area (Å²) in [4.78, 5) is 39.7. The second-order valence-corrected chi connectivity index (χ2v) is 11.9. The topological polar surface area (TPSA) is 173 Å². The van der Waals surface area contributed by atoms with Gasteiger partial charge in [-0.2, -0.15) is 6.41 Å². The Labute approximate surface area is 232 Å². The summed E-state index contributed by atoms with van der Waals surface area (Å²) in [6.45, 7) is 21.0. The molecule has 0 radical (unpaired) electrons. The van der Waals surface area contributed by atoms with Gasteiger partial charge in [-0.15, -0.1) is 0 Å². The van der Waals surface area contributed by atoms with Crippen molar-refractivity contribution in [1.82, 2.24) is 5.32 Å². The summed E-state index contributed by atoms with van der Waals surface area (Å²) in [5, 5.41) is 19.2. The van der Waals surface area contributed by atoms with E-state index in [4.69, 9.17) is 15.0 Å². The van der Waals surface area contributed by atoms with E-state index in [0.29, 0.717) is 30.3 Å². The van der Waals surface area contributed by atoms with Gasteiger partial charge in [-0.1, -0.05) is 74.5 Å². The van der Waals surface area contributed by atoms with Crippen LogP contribution >= 0.6 is 0 Å². The van der Waals surface area contributed by atoms with Gasteiger partial charge in [0.2, 0.25) is 11.8 Å². The minimum atomic E-state index is -0.996. The van der Waals surface area contributed by atoms with Crippen molar-refractivity contribution in [2.45, 2.75) is 114 Å². The largest absolute Gasteiger partial charge is 0.543 e. The summed E-state index contributed by atoms with van der Waals surface area (Å²) >= 11 is 0. The zero-order chi connectivity index (χ0) is 30.8. The van der Waals surface area contributed by atoms with Crippen molar-refractivity contribution < 1.29 is 29.4 Å². The molecule has 238 valence electrons. The van der Waals surface area contributed by atoms with E-state index in [1.165, 1.54) is 0 Å². The predicted molar refractivity (Wildman–Crippen MR) is 156 cm³/mol. The number of aliphatic hydroxyl groups is 1. The van der Waals surface area contributed by atoms with E-state index in [1.54, 1.807) is 0 Å². The quantitative estimate of drug-likeness (QED) is 0.0968. The molecule has 0 rings (SSSR count). The fourth-order valence-electron chi connectivity index (χ4n) is 2.60. The molecule has 0 aromatic rings. The zero-order valence-electron chi connectivity index (χ0n) is 25.9. The normalized spacial score (nSPS) is 10.7. The standard InChI is InChI=1S/C19H37NO.C5H12O.C4H7NO3.CH2NO.Fm/c1-16(2)11-15-20-17(21)10-8-13-19(6,7)14-9-12-18(3,4)5;1-5(2)3-4-6;5-3(6)1-2-4(7)8;2-1-3;/h9,14,16H,8,10-13,15H2,1-7H3,(H,20,21);5-6H,3-4H2,1-2H3;1-2H2,(H2,5,6)(H,7,8);(H2,2,3);/q;;;-1;/b14-9-;;;;. The van der Waals surface area contributed by atoms with E-state index in [1.807, 2.05) is 0 Å². The average Bonchev–Trinajstić information content (AvgIpc) is 2.72. The molecule has 0 atom stereocenters. The van der Waals surface area contributed by atoms with Gasteiger partial charge in [-0.05, 0) is 54.8 Å². The summed E-state index contributed by atoms with van der Waals surface area (Å²) < 4.78 is 0. The summed E-state index contributed by atoms with van der Waals surface area (Å²) in [6.07, 6.45) is 11.1. The molecular formula is C29H58FmN3O6-. The number of aliphatic carboxylic acids is 1. The maximum atomic E-state index is 11.7. The van der Waals surface area contributed by atoms with Crippen LogP contribution in [0.15, 0.2) is 12.2 Å². The molecule has 9 nitrogen and oxygen atoms in total. The molecule has 0 aliphatic rings. The smallest absolute Gasteiger partial charge is 0.303 e. The molecule has 7 N–H and O–H groups in total. The fraction of sp³-hybridized carbons (Fsp3) is 0.793. The molecule has 0 saturated heterocycles. The van der Waals surface area contributed by atoms with Gasteiger partial charge < -0.3 is 31.8 Å². The molecule has 0 heterocycles. The first-order chi connectivity index (χ1) is 17.3. The Morgan fingerprint density at radius 1 is 0.949 bits per heavy atom. The Morgan fingerprint density at radius 2 is 1.44 bits per heavy atom. The van der Waals surface area contributed by atoms with Crippen molar-refractivity contribution in [3.8, 4) is 0 Å². The number of hydrogen-bond acceptors (Lipinski definition) is 5. The van der Waals surface area contributed by atoms with Crippen LogP contribution in [-0.2, 0) is 19.2 Å². The SMILES string of the molecule is CC(C)CCNC(=O)CCCC(C)(C)/C=C\CC(C)(C)C.CC(C)CCO.NC(=O)CCC(=O)O.N[C-]=O.[Fm]. The number of rotatable bonds is 14. The Kier molecular flexibility index (Phi) is 32.2. The minimum absolute atomic E-state index is 0. The second-order valence-electron chi connectivity index (χ2n) is 11.9. The molecule has 0 unspecified atom stereocenters. The number of carboxylic acids is 1. The first kappa shape index (κ1) is 45.5. The van der Waals surface area contributed by atoms with Crippen molar-refractivity contribution in [3.05, 3.63) is 12.2 Å². The van der Waals surface area contributed by atoms with Crippen molar-refractivity contribution in [1.29, 1.82) is 0 Å². The van der Waals surface area contributed by atoms with Crippen molar-refractivity contribution in [3.63, 3.8) is 0 Å². The van der Waals surface area contributed by atoms with Crippen LogP contribution in [0.4, 0.5) is 0 Å². The zero-order valence-corrected chi connectivity index (χ0v) is 28.3. The van der Waals surface area contributed by atoms with Crippen molar-refractivity contribution in [2.75, 3.05) is 13.2 Å². The number of nitrogens with one attached hydrogen (secondary N) is 1. The van der Waals surface area contributed by atoms with Crippen LogP contribution < -0.4 is 16.8 Å². The van der Waals surface area contributed by atoms with Gasteiger partial charge in [0, 0.05) is 26.0 Å². The molecule has 39 heavy (non-hydrogen) atoms. The van der Waals surface area contributed by atoms with Crippen LogP contribution in [0.5, 0.6) is 0 Å². The molecule has 0 bridgehead atoms. The predicted octanol–water partition coefficient (Wildman–Crippen LogP) is 4.71. The van der Waals surface area contributed by atoms with Crippen molar-refractivity contribution >= 4 is 24.2 Å². The maximum absolute atomic E-state index is 11.7. The van der Waals surface area contributed by atoms with Gasteiger partial charge in [0.1, 0.15) is 0 Å². The number of amides is 3. The molecule has 3 amide bonds. The first-order valence-corrected chi connectivity index (χ1v) is 13.5. The minimum Gasteiger partial charge on any atom is -0.543 e. The Hall–Kier alpha value is -3.42. The number of carbonyl (C=O) groups excluding carboxylic acids is 3. The number of allylic oxidation sites excluding steroid dienone is 2. The maximum Gasteiger partial charge on any atom is 0.303 e. The summed E-state index contributed by atoms with van der Waals surface area (Å²) in [6, 6.07) is 0. The third kappa shape index (κ3) is 56.1. The van der Waals surface area contributed by atoms with Crippen LogP contribution in [0.2, 0.25) is 0 Å².